The third kappa shape index (κ3) is 6.99. The number of non-ortho nitro benzene ring substituents is 1. The Morgan fingerprint density at radius 1 is 1.13 bits per heavy atom. The van der Waals surface area contributed by atoms with Gasteiger partial charge in [-0.3, -0.25) is 14.9 Å². The van der Waals surface area contributed by atoms with E-state index < -0.39 is 37.0 Å². The van der Waals surface area contributed by atoms with Crippen LogP contribution in [0, 0.1) is 30.9 Å². The summed E-state index contributed by atoms with van der Waals surface area (Å²) in [6.45, 7) is 10.9. The van der Waals surface area contributed by atoms with Crippen molar-refractivity contribution >= 4 is 21.6 Å². The molecule has 0 aliphatic rings. The van der Waals surface area contributed by atoms with Crippen molar-refractivity contribution in [3.63, 3.8) is 0 Å². The van der Waals surface area contributed by atoms with Crippen molar-refractivity contribution in [2.75, 3.05) is 20.3 Å². The number of sulfonamides is 1. The maximum atomic E-state index is 13.3. The van der Waals surface area contributed by atoms with E-state index in [0.717, 1.165) is 23.3 Å². The molecule has 1 aromatic heterocycles. The molecule has 0 atom stereocenters. The van der Waals surface area contributed by atoms with Crippen LogP contribution in [0.25, 0.3) is 5.69 Å². The van der Waals surface area contributed by atoms with Crippen molar-refractivity contribution in [1.29, 1.82) is 0 Å². The van der Waals surface area contributed by atoms with Crippen LogP contribution >= 0.6 is 0 Å². The van der Waals surface area contributed by atoms with E-state index in [2.05, 4.69) is 15.1 Å². The second-order valence-corrected chi connectivity index (χ2v) is 11.7. The fraction of sp³-hybridized carbons (Fsp3) is 0.385. The van der Waals surface area contributed by atoms with Gasteiger partial charge in [0.1, 0.15) is 10.6 Å². The van der Waals surface area contributed by atoms with E-state index in [1.807, 2.05) is 32.0 Å². The van der Waals surface area contributed by atoms with Gasteiger partial charge in [0.05, 0.1) is 17.2 Å². The summed E-state index contributed by atoms with van der Waals surface area (Å²) in [5.74, 6) is -0.552. The van der Waals surface area contributed by atoms with Crippen LogP contribution in [0.1, 0.15) is 48.0 Å². The Morgan fingerprint density at radius 2 is 1.82 bits per heavy atom. The number of aromatic nitrogens is 2. The summed E-state index contributed by atoms with van der Waals surface area (Å²) in [5.41, 5.74) is 1.49. The van der Waals surface area contributed by atoms with Crippen molar-refractivity contribution in [3.8, 4) is 17.3 Å². The number of carbonyl (C=O) groups is 1. The Hall–Kier alpha value is -3.81. The van der Waals surface area contributed by atoms with Gasteiger partial charge in [-0.05, 0) is 64.8 Å². The molecule has 0 radical (unpaired) electrons. The van der Waals surface area contributed by atoms with E-state index in [4.69, 9.17) is 9.47 Å². The Bertz CT molecular complexity index is 1510. The maximum absolute atomic E-state index is 13.3. The standard InChI is InChI=1S/C26H33N5O7S/c1-16-8-9-17(2)20(14-16)30-25(18(3)23(28-30)24(32)27-12-13-37-7)38-21-11-10-19(31(33)34)15-22(21)39(35,36)29-26(4,5)6/h8-11,14-15,29H,12-13H2,1-7H3,(H,27,32). The maximum Gasteiger partial charge on any atom is 0.272 e. The van der Waals surface area contributed by atoms with Crippen LogP contribution in [0.5, 0.6) is 11.6 Å². The van der Waals surface area contributed by atoms with E-state index in [-0.39, 0.29) is 23.9 Å². The van der Waals surface area contributed by atoms with Crippen LogP contribution in [-0.4, -0.2) is 54.8 Å². The number of benzene rings is 2. The molecular weight excluding hydrogens is 526 g/mol. The molecule has 1 heterocycles. The van der Waals surface area contributed by atoms with Crippen LogP contribution in [0.3, 0.4) is 0 Å². The number of nitrogens with one attached hydrogen (secondary N) is 2. The summed E-state index contributed by atoms with van der Waals surface area (Å²) in [5, 5.41) is 18.7. The van der Waals surface area contributed by atoms with Gasteiger partial charge in [0.2, 0.25) is 15.9 Å². The average molecular weight is 560 g/mol. The molecule has 0 saturated carbocycles. The molecule has 210 valence electrons. The highest BCUT2D eigenvalue weighted by molar-refractivity contribution is 7.89. The van der Waals surface area contributed by atoms with Crippen LogP contribution in [0.2, 0.25) is 0 Å². The van der Waals surface area contributed by atoms with Gasteiger partial charge in [0, 0.05) is 36.9 Å². The number of amides is 1. The molecule has 0 bridgehead atoms. The lowest BCUT2D eigenvalue weighted by Gasteiger charge is -2.21. The van der Waals surface area contributed by atoms with E-state index in [1.54, 1.807) is 27.7 Å². The van der Waals surface area contributed by atoms with Crippen LogP contribution in [0.15, 0.2) is 41.3 Å². The van der Waals surface area contributed by atoms with Gasteiger partial charge in [-0.15, -0.1) is 0 Å². The number of nitro groups is 1. The molecule has 13 heteroatoms. The van der Waals surface area contributed by atoms with E-state index in [1.165, 1.54) is 17.9 Å². The number of nitrogens with zero attached hydrogens (tertiary/aromatic N) is 3. The zero-order valence-electron chi connectivity index (χ0n) is 23.0. The fourth-order valence-corrected chi connectivity index (χ4v) is 5.31. The number of rotatable bonds is 10. The number of nitro benzene ring substituents is 1. The Labute approximate surface area is 227 Å². The third-order valence-corrected chi connectivity index (χ3v) is 7.32. The highest BCUT2D eigenvalue weighted by atomic mass is 32.2. The number of hydrogen-bond donors (Lipinski definition) is 2. The zero-order valence-corrected chi connectivity index (χ0v) is 23.8. The first kappa shape index (κ1) is 29.7. The van der Waals surface area contributed by atoms with Crippen molar-refractivity contribution in [2.45, 2.75) is 52.0 Å². The topological polar surface area (TPSA) is 155 Å². The first-order chi connectivity index (χ1) is 18.1. The van der Waals surface area contributed by atoms with Gasteiger partial charge in [-0.2, -0.15) is 9.78 Å². The predicted octanol–water partition coefficient (Wildman–Crippen LogP) is 3.95. The van der Waals surface area contributed by atoms with Gasteiger partial charge in [0.25, 0.3) is 11.6 Å². The van der Waals surface area contributed by atoms with Crippen molar-refractivity contribution in [2.24, 2.45) is 0 Å². The SMILES string of the molecule is COCCNC(=O)c1nn(-c2cc(C)ccc2C)c(Oc2ccc([N+](=O)[O-])cc2S(=O)(=O)NC(C)(C)C)c1C. The molecule has 0 aliphatic heterocycles. The molecule has 39 heavy (non-hydrogen) atoms. The molecule has 0 saturated heterocycles. The second kappa shape index (κ2) is 11.5. The molecule has 0 spiro atoms. The van der Waals surface area contributed by atoms with Gasteiger partial charge < -0.3 is 14.8 Å². The minimum absolute atomic E-state index is 0.0705. The van der Waals surface area contributed by atoms with E-state index >= 15 is 0 Å². The highest BCUT2D eigenvalue weighted by Gasteiger charge is 2.30. The van der Waals surface area contributed by atoms with Crippen molar-refractivity contribution in [1.82, 2.24) is 19.8 Å². The average Bonchev–Trinajstić information content (AvgIpc) is 3.15. The summed E-state index contributed by atoms with van der Waals surface area (Å²) in [6.07, 6.45) is 0. The smallest absolute Gasteiger partial charge is 0.272 e. The first-order valence-corrected chi connectivity index (χ1v) is 13.6. The molecule has 0 aliphatic carbocycles. The quantitative estimate of drug-likeness (QED) is 0.215. The number of ether oxygens (including phenoxy) is 2. The fourth-order valence-electron chi connectivity index (χ4n) is 3.74. The zero-order chi connectivity index (χ0) is 29.1. The lowest BCUT2D eigenvalue weighted by molar-refractivity contribution is -0.385. The lowest BCUT2D eigenvalue weighted by Crippen LogP contribution is -2.40. The molecular formula is C26H33N5O7S. The number of methoxy groups -OCH3 is 1. The molecule has 0 fully saturated rings. The van der Waals surface area contributed by atoms with Gasteiger partial charge in [-0.25, -0.2) is 13.1 Å². The second-order valence-electron chi connectivity index (χ2n) is 10.1. The Morgan fingerprint density at radius 3 is 2.44 bits per heavy atom. The molecule has 3 aromatic rings. The molecule has 0 unspecified atom stereocenters. The monoisotopic (exact) mass is 559 g/mol. The van der Waals surface area contributed by atoms with Gasteiger partial charge in [0.15, 0.2) is 5.69 Å². The van der Waals surface area contributed by atoms with Crippen LogP contribution in [-0.2, 0) is 14.8 Å². The molecule has 2 aromatic carbocycles. The predicted molar refractivity (Wildman–Crippen MR) is 145 cm³/mol. The molecule has 3 rings (SSSR count). The van der Waals surface area contributed by atoms with E-state index in [0.29, 0.717) is 17.9 Å². The molecule has 12 nitrogen and oxygen atoms in total. The summed E-state index contributed by atoms with van der Waals surface area (Å²) >= 11 is 0. The largest absolute Gasteiger partial charge is 0.437 e. The summed E-state index contributed by atoms with van der Waals surface area (Å²) in [7, 11) is -2.74. The van der Waals surface area contributed by atoms with Crippen molar-refractivity contribution in [3.05, 3.63) is 68.9 Å². The normalized spacial score (nSPS) is 11.9. The summed E-state index contributed by atoms with van der Waals surface area (Å²) in [6, 6.07) is 8.98. The lowest BCUT2D eigenvalue weighted by atomic mass is 10.1. The highest BCUT2D eigenvalue weighted by Crippen LogP contribution is 2.36. The minimum Gasteiger partial charge on any atom is -0.437 e. The number of carbonyl (C=O) groups excluding carboxylic acids is 1. The summed E-state index contributed by atoms with van der Waals surface area (Å²) < 4.78 is 41.7. The van der Waals surface area contributed by atoms with Crippen LogP contribution < -0.4 is 14.8 Å². The Balaban J connectivity index is 2.23. The third-order valence-electron chi connectivity index (χ3n) is 5.54. The summed E-state index contributed by atoms with van der Waals surface area (Å²) in [4.78, 5) is 23.3. The van der Waals surface area contributed by atoms with Crippen molar-refractivity contribution < 1.29 is 27.6 Å². The molecule has 2 N–H and O–H groups in total. The van der Waals surface area contributed by atoms with Gasteiger partial charge >= 0.3 is 0 Å². The minimum atomic E-state index is -4.26. The van der Waals surface area contributed by atoms with Crippen LogP contribution in [0.4, 0.5) is 5.69 Å². The first-order valence-electron chi connectivity index (χ1n) is 12.1. The number of hydrogen-bond acceptors (Lipinski definition) is 8. The Kier molecular flexibility index (Phi) is 8.78. The molecule has 1 amide bonds. The number of aryl methyl sites for hydroxylation is 2. The van der Waals surface area contributed by atoms with Gasteiger partial charge in [-0.1, -0.05) is 12.1 Å². The van der Waals surface area contributed by atoms with E-state index in [9.17, 15) is 23.3 Å².